The van der Waals surface area contributed by atoms with Gasteiger partial charge in [0.05, 0.1) is 0 Å². The van der Waals surface area contributed by atoms with E-state index in [0.717, 1.165) is 12.8 Å². The second kappa shape index (κ2) is 6.85. The molecule has 0 saturated heterocycles. The van der Waals surface area contributed by atoms with Crippen molar-refractivity contribution in [3.05, 3.63) is 23.6 Å². The van der Waals surface area contributed by atoms with Crippen molar-refractivity contribution in [1.82, 2.24) is 10.3 Å². The quantitative estimate of drug-likeness (QED) is 0.825. The Balaban J connectivity index is 2.80. The molecule has 0 aromatic carbocycles. The van der Waals surface area contributed by atoms with Crippen molar-refractivity contribution in [2.75, 3.05) is 5.32 Å². The van der Waals surface area contributed by atoms with Gasteiger partial charge in [-0.05, 0) is 39.7 Å². The van der Waals surface area contributed by atoms with Crippen molar-refractivity contribution < 1.29 is 4.39 Å². The molecule has 0 atom stereocenters. The summed E-state index contributed by atoms with van der Waals surface area (Å²) in [6.45, 7) is 10.9. The minimum absolute atomic E-state index is 0.0291. The number of hydrogen-bond acceptors (Lipinski definition) is 3. The molecule has 1 rings (SSSR count). The molecule has 0 aliphatic rings. The first-order valence-electron chi connectivity index (χ1n) is 7.02. The molecule has 19 heavy (non-hydrogen) atoms. The monoisotopic (exact) mass is 267 g/mol. The van der Waals surface area contributed by atoms with Crippen molar-refractivity contribution in [2.45, 2.75) is 65.6 Å². The Morgan fingerprint density at radius 2 is 1.89 bits per heavy atom. The molecular weight excluding hydrogens is 241 g/mol. The summed E-state index contributed by atoms with van der Waals surface area (Å²) in [5.74, 6) is 0.119. The summed E-state index contributed by atoms with van der Waals surface area (Å²) in [6.07, 6.45) is 3.58. The predicted molar refractivity (Wildman–Crippen MR) is 78.8 cm³/mol. The first kappa shape index (κ1) is 15.9. The summed E-state index contributed by atoms with van der Waals surface area (Å²) in [7, 11) is 0. The molecule has 3 nitrogen and oxygen atoms in total. The maximum atomic E-state index is 14.3. The average molecular weight is 267 g/mol. The van der Waals surface area contributed by atoms with Gasteiger partial charge in [0.15, 0.2) is 11.6 Å². The smallest absolute Gasteiger partial charge is 0.169 e. The van der Waals surface area contributed by atoms with Gasteiger partial charge >= 0.3 is 0 Å². The highest BCUT2D eigenvalue weighted by atomic mass is 19.1. The van der Waals surface area contributed by atoms with Crippen LogP contribution in [0.25, 0.3) is 0 Å². The van der Waals surface area contributed by atoms with E-state index in [2.05, 4.69) is 50.2 Å². The lowest BCUT2D eigenvalue weighted by atomic mass is 10.1. The Morgan fingerprint density at radius 3 is 2.42 bits per heavy atom. The lowest BCUT2D eigenvalue weighted by Crippen LogP contribution is -2.35. The minimum atomic E-state index is -0.244. The molecule has 0 radical (unpaired) electrons. The van der Waals surface area contributed by atoms with Crippen LogP contribution in [-0.2, 0) is 6.54 Å². The van der Waals surface area contributed by atoms with Crippen LogP contribution in [0.2, 0.25) is 0 Å². The number of pyridine rings is 1. The van der Waals surface area contributed by atoms with Gasteiger partial charge in [0.2, 0.25) is 0 Å². The highest BCUT2D eigenvalue weighted by Crippen LogP contribution is 2.18. The maximum Gasteiger partial charge on any atom is 0.169 e. The third-order valence-corrected chi connectivity index (χ3v) is 3.10. The van der Waals surface area contributed by atoms with Crippen molar-refractivity contribution in [2.24, 2.45) is 0 Å². The number of nitrogens with one attached hydrogen (secondary N) is 2. The Hall–Kier alpha value is -1.16. The molecule has 0 amide bonds. The van der Waals surface area contributed by atoms with Gasteiger partial charge in [-0.1, -0.05) is 13.8 Å². The lowest BCUT2D eigenvalue weighted by molar-refractivity contribution is 0.418. The number of aromatic nitrogens is 1. The third kappa shape index (κ3) is 5.15. The summed E-state index contributed by atoms with van der Waals surface area (Å²) >= 11 is 0. The highest BCUT2D eigenvalue weighted by molar-refractivity contribution is 5.40. The molecule has 0 saturated carbocycles. The minimum Gasteiger partial charge on any atom is -0.365 e. The largest absolute Gasteiger partial charge is 0.365 e. The maximum absolute atomic E-state index is 14.3. The van der Waals surface area contributed by atoms with E-state index in [1.807, 2.05) is 0 Å². The zero-order valence-corrected chi connectivity index (χ0v) is 12.7. The van der Waals surface area contributed by atoms with Gasteiger partial charge in [-0.15, -0.1) is 0 Å². The van der Waals surface area contributed by atoms with Gasteiger partial charge < -0.3 is 10.6 Å². The first-order valence-corrected chi connectivity index (χ1v) is 7.02. The van der Waals surface area contributed by atoms with Gasteiger partial charge in [-0.3, -0.25) is 0 Å². The number of halogens is 1. The van der Waals surface area contributed by atoms with Crippen LogP contribution >= 0.6 is 0 Å². The van der Waals surface area contributed by atoms with E-state index in [1.54, 1.807) is 12.3 Å². The molecule has 108 valence electrons. The van der Waals surface area contributed by atoms with E-state index in [4.69, 9.17) is 0 Å². The molecule has 0 aliphatic heterocycles. The van der Waals surface area contributed by atoms with Crippen LogP contribution in [0.15, 0.2) is 12.3 Å². The Kier molecular flexibility index (Phi) is 5.73. The van der Waals surface area contributed by atoms with E-state index in [1.165, 1.54) is 0 Å². The average Bonchev–Trinajstić information content (AvgIpc) is 2.35. The first-order chi connectivity index (χ1) is 8.87. The van der Waals surface area contributed by atoms with E-state index in [-0.39, 0.29) is 17.4 Å². The Labute approximate surface area is 116 Å². The molecule has 0 bridgehead atoms. The summed E-state index contributed by atoms with van der Waals surface area (Å²) < 4.78 is 14.3. The zero-order chi connectivity index (χ0) is 14.5. The highest BCUT2D eigenvalue weighted by Gasteiger charge is 2.14. The summed E-state index contributed by atoms with van der Waals surface area (Å²) in [5, 5.41) is 6.46. The number of hydrogen-bond donors (Lipinski definition) is 2. The van der Waals surface area contributed by atoms with Gasteiger partial charge in [-0.25, -0.2) is 9.37 Å². The standard InChI is InChI=1S/C15H26FN3/c1-6-12(7-2)19-14-13(16)11(8-9-17-14)10-18-15(3,4)5/h8-9,12,18H,6-7,10H2,1-5H3,(H,17,19). The van der Waals surface area contributed by atoms with Crippen LogP contribution in [0, 0.1) is 5.82 Å². The fourth-order valence-electron chi connectivity index (χ4n) is 1.77. The summed E-state index contributed by atoms with van der Waals surface area (Å²) in [5.41, 5.74) is 0.622. The molecule has 1 aromatic rings. The van der Waals surface area contributed by atoms with Gasteiger partial charge in [0, 0.05) is 29.9 Å². The molecule has 2 N–H and O–H groups in total. The summed E-state index contributed by atoms with van der Waals surface area (Å²) in [4.78, 5) is 4.11. The fourth-order valence-corrected chi connectivity index (χ4v) is 1.77. The van der Waals surface area contributed by atoms with Gasteiger partial charge in [0.1, 0.15) is 0 Å². The number of rotatable bonds is 6. The lowest BCUT2D eigenvalue weighted by Gasteiger charge is -2.21. The second-order valence-corrected chi connectivity index (χ2v) is 5.89. The third-order valence-electron chi connectivity index (χ3n) is 3.10. The van der Waals surface area contributed by atoms with Crippen molar-refractivity contribution in [3.8, 4) is 0 Å². The molecule has 0 spiro atoms. The van der Waals surface area contributed by atoms with Crippen LogP contribution in [0.1, 0.15) is 53.0 Å². The molecule has 1 heterocycles. The molecule has 0 unspecified atom stereocenters. The zero-order valence-electron chi connectivity index (χ0n) is 12.7. The number of nitrogens with zero attached hydrogens (tertiary/aromatic N) is 1. The predicted octanol–water partition coefficient (Wildman–Crippen LogP) is 3.71. The summed E-state index contributed by atoms with van der Waals surface area (Å²) in [6, 6.07) is 2.00. The molecule has 1 aromatic heterocycles. The van der Waals surface area contributed by atoms with Crippen LogP contribution in [0.3, 0.4) is 0 Å². The van der Waals surface area contributed by atoms with E-state index < -0.39 is 0 Å². The SMILES string of the molecule is CCC(CC)Nc1nccc(CNC(C)(C)C)c1F. The van der Waals surface area contributed by atoms with Crippen molar-refractivity contribution in [1.29, 1.82) is 0 Å². The molecule has 0 aliphatic carbocycles. The second-order valence-electron chi connectivity index (χ2n) is 5.89. The van der Waals surface area contributed by atoms with E-state index in [0.29, 0.717) is 17.9 Å². The van der Waals surface area contributed by atoms with E-state index in [9.17, 15) is 4.39 Å². The normalized spacial score (nSPS) is 11.9. The van der Waals surface area contributed by atoms with Crippen molar-refractivity contribution in [3.63, 3.8) is 0 Å². The Bertz CT molecular complexity index is 395. The van der Waals surface area contributed by atoms with Gasteiger partial charge in [0.25, 0.3) is 0 Å². The molecule has 4 heteroatoms. The van der Waals surface area contributed by atoms with E-state index >= 15 is 0 Å². The van der Waals surface area contributed by atoms with Crippen molar-refractivity contribution >= 4 is 5.82 Å². The molecule has 0 fully saturated rings. The molecular formula is C15H26FN3. The number of anilines is 1. The van der Waals surface area contributed by atoms with Crippen LogP contribution in [0.4, 0.5) is 10.2 Å². The van der Waals surface area contributed by atoms with Crippen LogP contribution < -0.4 is 10.6 Å². The topological polar surface area (TPSA) is 37.0 Å². The fraction of sp³-hybridized carbons (Fsp3) is 0.667. The van der Waals surface area contributed by atoms with Crippen LogP contribution in [0.5, 0.6) is 0 Å². The Morgan fingerprint density at radius 1 is 1.26 bits per heavy atom. The van der Waals surface area contributed by atoms with Gasteiger partial charge in [-0.2, -0.15) is 0 Å². The van der Waals surface area contributed by atoms with Crippen LogP contribution in [-0.4, -0.2) is 16.6 Å².